The van der Waals surface area contributed by atoms with Gasteiger partial charge in [0, 0.05) is 22.7 Å². The highest BCUT2D eigenvalue weighted by molar-refractivity contribution is 7.13. The molecule has 1 heterocycles. The second-order valence-electron chi connectivity index (χ2n) is 4.11. The van der Waals surface area contributed by atoms with Crippen LogP contribution in [-0.4, -0.2) is 4.98 Å². The zero-order chi connectivity index (χ0) is 12.4. The highest BCUT2D eigenvalue weighted by Crippen LogP contribution is 2.35. The van der Waals surface area contributed by atoms with Crippen LogP contribution in [0.25, 0.3) is 21.7 Å². The van der Waals surface area contributed by atoms with Crippen molar-refractivity contribution in [2.45, 2.75) is 6.92 Å². The van der Waals surface area contributed by atoms with E-state index in [9.17, 15) is 0 Å². The third-order valence-corrected chi connectivity index (χ3v) is 3.70. The molecule has 0 saturated carbocycles. The van der Waals surface area contributed by atoms with E-state index in [0.29, 0.717) is 0 Å². The molecular formula is C16H12NS. The molecule has 0 atom stereocenters. The van der Waals surface area contributed by atoms with Crippen LogP contribution in [0.15, 0.2) is 54.0 Å². The molecular weight excluding hydrogens is 238 g/mol. The fourth-order valence-corrected chi connectivity index (χ4v) is 2.81. The standard InChI is InChI=1S/C16H12NS/c1-12-6-5-9-14(13-7-3-2-4-8-13)15(12)16-17-10-11-18-16/h2-8,10-11H,1H3. The molecule has 0 spiro atoms. The maximum absolute atomic E-state index is 4.43. The monoisotopic (exact) mass is 250 g/mol. The van der Waals surface area contributed by atoms with Crippen molar-refractivity contribution in [3.05, 3.63) is 65.7 Å². The summed E-state index contributed by atoms with van der Waals surface area (Å²) in [5.74, 6) is 0. The van der Waals surface area contributed by atoms with Crippen LogP contribution in [-0.2, 0) is 0 Å². The molecule has 1 aromatic heterocycles. The Morgan fingerprint density at radius 2 is 1.94 bits per heavy atom. The molecule has 0 saturated heterocycles. The van der Waals surface area contributed by atoms with Gasteiger partial charge in [-0.1, -0.05) is 42.5 Å². The average Bonchev–Trinajstić information content (AvgIpc) is 2.93. The molecule has 87 valence electrons. The van der Waals surface area contributed by atoms with Crippen molar-refractivity contribution >= 4 is 11.3 Å². The average molecular weight is 250 g/mol. The van der Waals surface area contributed by atoms with E-state index in [-0.39, 0.29) is 0 Å². The first-order valence-electron chi connectivity index (χ1n) is 5.83. The van der Waals surface area contributed by atoms with Gasteiger partial charge in [-0.3, -0.25) is 0 Å². The molecule has 0 aliphatic heterocycles. The van der Waals surface area contributed by atoms with Gasteiger partial charge in [0.2, 0.25) is 0 Å². The number of aromatic nitrogens is 1. The summed E-state index contributed by atoms with van der Waals surface area (Å²) in [5.41, 5.74) is 4.75. The molecule has 0 bridgehead atoms. The number of benzene rings is 2. The first-order chi connectivity index (χ1) is 8.86. The first-order valence-corrected chi connectivity index (χ1v) is 6.71. The molecule has 0 N–H and O–H groups in total. The normalized spacial score (nSPS) is 10.5. The summed E-state index contributed by atoms with van der Waals surface area (Å²) in [7, 11) is 0. The SMILES string of the molecule is Cc1cc[c]c(-c2ccccc2)c1-c1nccs1. The van der Waals surface area contributed by atoms with Crippen LogP contribution in [0.2, 0.25) is 0 Å². The van der Waals surface area contributed by atoms with E-state index in [0.717, 1.165) is 10.6 Å². The van der Waals surface area contributed by atoms with Gasteiger partial charge in [-0.15, -0.1) is 11.3 Å². The van der Waals surface area contributed by atoms with Crippen LogP contribution in [0.3, 0.4) is 0 Å². The molecule has 3 rings (SSSR count). The van der Waals surface area contributed by atoms with Crippen molar-refractivity contribution in [1.29, 1.82) is 0 Å². The summed E-state index contributed by atoms with van der Waals surface area (Å²) >= 11 is 1.67. The molecule has 18 heavy (non-hydrogen) atoms. The summed E-state index contributed by atoms with van der Waals surface area (Å²) in [4.78, 5) is 4.43. The van der Waals surface area contributed by atoms with E-state index in [1.54, 1.807) is 11.3 Å². The third-order valence-electron chi connectivity index (χ3n) is 2.91. The van der Waals surface area contributed by atoms with Crippen LogP contribution < -0.4 is 0 Å². The molecule has 0 aliphatic rings. The third kappa shape index (κ3) is 1.95. The van der Waals surface area contributed by atoms with E-state index in [1.165, 1.54) is 16.7 Å². The Morgan fingerprint density at radius 1 is 1.11 bits per heavy atom. The Bertz CT molecular complexity index is 642. The number of hydrogen-bond donors (Lipinski definition) is 0. The van der Waals surface area contributed by atoms with Crippen LogP contribution in [0.4, 0.5) is 0 Å². The molecule has 0 unspecified atom stereocenters. The van der Waals surface area contributed by atoms with Gasteiger partial charge in [0.1, 0.15) is 5.01 Å². The lowest BCUT2D eigenvalue weighted by atomic mass is 9.96. The minimum Gasteiger partial charge on any atom is -0.245 e. The Balaban J connectivity index is 2.25. The molecule has 0 amide bonds. The Kier molecular flexibility index (Phi) is 2.95. The van der Waals surface area contributed by atoms with Gasteiger partial charge in [0.05, 0.1) is 0 Å². The summed E-state index contributed by atoms with van der Waals surface area (Å²) in [6.07, 6.45) is 1.85. The lowest BCUT2D eigenvalue weighted by Crippen LogP contribution is -1.88. The summed E-state index contributed by atoms with van der Waals surface area (Å²) < 4.78 is 0. The van der Waals surface area contributed by atoms with Crippen LogP contribution in [0.5, 0.6) is 0 Å². The van der Waals surface area contributed by atoms with Gasteiger partial charge in [0.15, 0.2) is 0 Å². The van der Waals surface area contributed by atoms with Gasteiger partial charge in [-0.2, -0.15) is 0 Å². The summed E-state index contributed by atoms with van der Waals surface area (Å²) in [5, 5.41) is 3.07. The van der Waals surface area contributed by atoms with Gasteiger partial charge >= 0.3 is 0 Å². The Labute approximate surface area is 111 Å². The molecule has 1 radical (unpaired) electrons. The summed E-state index contributed by atoms with van der Waals surface area (Å²) in [6.45, 7) is 2.12. The van der Waals surface area contributed by atoms with Crippen LogP contribution >= 0.6 is 11.3 Å². The quantitative estimate of drug-likeness (QED) is 0.648. The fourth-order valence-electron chi connectivity index (χ4n) is 2.06. The predicted molar refractivity (Wildman–Crippen MR) is 76.6 cm³/mol. The number of rotatable bonds is 2. The number of aryl methyl sites for hydroxylation is 1. The van der Waals surface area contributed by atoms with Crippen molar-refractivity contribution in [2.75, 3.05) is 0 Å². The van der Waals surface area contributed by atoms with Gasteiger partial charge < -0.3 is 0 Å². The van der Waals surface area contributed by atoms with Crippen molar-refractivity contribution < 1.29 is 0 Å². The molecule has 2 heteroatoms. The lowest BCUT2D eigenvalue weighted by Gasteiger charge is -2.10. The molecule has 1 nitrogen and oxygen atoms in total. The molecule has 0 aliphatic carbocycles. The van der Waals surface area contributed by atoms with Crippen molar-refractivity contribution in [1.82, 2.24) is 4.98 Å². The maximum atomic E-state index is 4.43. The van der Waals surface area contributed by atoms with Crippen LogP contribution in [0, 0.1) is 13.0 Å². The number of hydrogen-bond acceptors (Lipinski definition) is 2. The minimum absolute atomic E-state index is 1.06. The molecule has 0 fully saturated rings. The van der Waals surface area contributed by atoms with Crippen molar-refractivity contribution in [2.24, 2.45) is 0 Å². The smallest absolute Gasteiger partial charge is 0.124 e. The molecule has 2 aromatic carbocycles. The van der Waals surface area contributed by atoms with Gasteiger partial charge in [-0.25, -0.2) is 4.98 Å². The predicted octanol–water partition coefficient (Wildman–Crippen LogP) is 4.59. The summed E-state index contributed by atoms with van der Waals surface area (Å²) in [6, 6.07) is 17.8. The highest BCUT2D eigenvalue weighted by Gasteiger charge is 2.11. The fraction of sp³-hybridized carbons (Fsp3) is 0.0625. The van der Waals surface area contributed by atoms with Crippen LogP contribution in [0.1, 0.15) is 5.56 Å². The number of thiazole rings is 1. The van der Waals surface area contributed by atoms with E-state index < -0.39 is 0 Å². The minimum atomic E-state index is 1.06. The second-order valence-corrected chi connectivity index (χ2v) is 5.01. The maximum Gasteiger partial charge on any atom is 0.124 e. The second kappa shape index (κ2) is 4.75. The largest absolute Gasteiger partial charge is 0.245 e. The van der Waals surface area contributed by atoms with Gasteiger partial charge in [0.25, 0.3) is 0 Å². The van der Waals surface area contributed by atoms with Gasteiger partial charge in [-0.05, 0) is 24.1 Å². The van der Waals surface area contributed by atoms with E-state index >= 15 is 0 Å². The Morgan fingerprint density at radius 3 is 2.67 bits per heavy atom. The van der Waals surface area contributed by atoms with Crippen molar-refractivity contribution in [3.63, 3.8) is 0 Å². The molecule has 3 aromatic rings. The first kappa shape index (κ1) is 11.2. The highest BCUT2D eigenvalue weighted by atomic mass is 32.1. The number of nitrogens with zero attached hydrogens (tertiary/aromatic N) is 1. The van der Waals surface area contributed by atoms with E-state index in [2.05, 4.69) is 48.3 Å². The zero-order valence-electron chi connectivity index (χ0n) is 10.1. The topological polar surface area (TPSA) is 12.9 Å². The van der Waals surface area contributed by atoms with E-state index in [1.807, 2.05) is 23.7 Å². The zero-order valence-corrected chi connectivity index (χ0v) is 10.9. The van der Waals surface area contributed by atoms with Crippen molar-refractivity contribution in [3.8, 4) is 21.7 Å². The lowest BCUT2D eigenvalue weighted by molar-refractivity contribution is 1.37. The Hall–Kier alpha value is -1.93. The van der Waals surface area contributed by atoms with E-state index in [4.69, 9.17) is 0 Å².